The zero-order chi connectivity index (χ0) is 42.1. The minimum Gasteiger partial charge on any atom is -0.480 e. The molecule has 0 amide bonds. The molecular weight excluding hydrogens is 807 g/mol. The number of fused-ring (bicyclic) bond motifs is 6. The zero-order valence-corrected chi connectivity index (χ0v) is 31.7. The van der Waals surface area contributed by atoms with Gasteiger partial charge in [0.05, 0.1) is 38.3 Å². The van der Waals surface area contributed by atoms with Crippen molar-refractivity contribution in [2.45, 2.75) is 5.60 Å². The quantitative estimate of drug-likeness (QED) is 0.0956. The average Bonchev–Trinajstić information content (AvgIpc) is 3.43. The van der Waals surface area contributed by atoms with Crippen LogP contribution >= 0.6 is 23.2 Å². The van der Waals surface area contributed by atoms with Gasteiger partial charge in [-0.25, -0.2) is 4.79 Å². The molecule has 19 nitrogen and oxygen atoms in total. The van der Waals surface area contributed by atoms with E-state index in [9.17, 15) is 28.8 Å². The van der Waals surface area contributed by atoms with Crippen molar-refractivity contribution in [3.8, 4) is 22.9 Å². The molecule has 0 saturated heterocycles. The van der Waals surface area contributed by atoms with Crippen LogP contribution < -0.4 is 4.74 Å². The molecule has 0 aliphatic carbocycles. The minimum atomic E-state index is -1.24. The van der Waals surface area contributed by atoms with Crippen molar-refractivity contribution in [1.82, 2.24) is 29.7 Å². The minimum absolute atomic E-state index is 0.000836. The Kier molecular flexibility index (Phi) is 13.9. The predicted molar refractivity (Wildman–Crippen MR) is 201 cm³/mol. The Morgan fingerprint density at radius 3 is 1.43 bits per heavy atom. The van der Waals surface area contributed by atoms with Crippen LogP contribution in [0.1, 0.15) is 27.0 Å². The molecule has 1 spiro atoms. The highest BCUT2D eigenvalue weighted by Crippen LogP contribution is 2.56. The molecule has 58 heavy (non-hydrogen) atoms. The molecule has 5 N–H and O–H groups in total. The summed E-state index contributed by atoms with van der Waals surface area (Å²) in [5, 5.41) is 44.1. The Labute approximate surface area is 338 Å². The van der Waals surface area contributed by atoms with E-state index in [0.717, 1.165) is 26.5 Å². The van der Waals surface area contributed by atoms with Crippen molar-refractivity contribution < 1.29 is 63.8 Å². The number of para-hydroxylation sites is 2. The van der Waals surface area contributed by atoms with Crippen LogP contribution in [0, 0.1) is 0 Å². The van der Waals surface area contributed by atoms with Crippen LogP contribution in [-0.4, -0.2) is 150 Å². The number of aromatic nitrogens is 3. The molecule has 0 atom stereocenters. The number of ether oxygens (including phenoxy) is 2. The van der Waals surface area contributed by atoms with Gasteiger partial charge in [0, 0.05) is 48.4 Å². The van der Waals surface area contributed by atoms with E-state index in [1.54, 1.807) is 6.07 Å². The van der Waals surface area contributed by atoms with Crippen molar-refractivity contribution in [2.24, 2.45) is 0 Å². The first kappa shape index (κ1) is 42.9. The Balaban J connectivity index is 0.000000224. The molecule has 0 saturated carbocycles. The van der Waals surface area contributed by atoms with E-state index in [-0.39, 0.29) is 42.6 Å². The third-order valence-corrected chi connectivity index (χ3v) is 9.05. The molecular formula is C37H34Cl2N6O13. The molecule has 21 heteroatoms. The second kappa shape index (κ2) is 18.8. The van der Waals surface area contributed by atoms with Crippen LogP contribution in [0.25, 0.3) is 11.4 Å². The third-order valence-electron chi connectivity index (χ3n) is 8.72. The fraction of sp³-hybridized carbons (Fsp3) is 0.270. The smallest absolute Gasteiger partial charge is 0.340 e. The number of carboxylic acids is 5. The highest BCUT2D eigenvalue weighted by atomic mass is 35.5. The van der Waals surface area contributed by atoms with Gasteiger partial charge >= 0.3 is 35.8 Å². The fourth-order valence-corrected chi connectivity index (χ4v) is 6.80. The predicted octanol–water partition coefficient (Wildman–Crippen LogP) is 2.73. The highest BCUT2D eigenvalue weighted by Gasteiger charge is 2.53. The van der Waals surface area contributed by atoms with Gasteiger partial charge in [-0.15, -0.1) is 0 Å². The summed E-state index contributed by atoms with van der Waals surface area (Å²) >= 11 is 11.8. The van der Waals surface area contributed by atoms with Crippen molar-refractivity contribution in [2.75, 3.05) is 58.9 Å². The van der Waals surface area contributed by atoms with E-state index in [0.29, 0.717) is 22.6 Å². The van der Waals surface area contributed by atoms with Gasteiger partial charge in [0.15, 0.2) is 11.4 Å². The number of esters is 1. The number of halogens is 2. The first-order valence-electron chi connectivity index (χ1n) is 17.1. The van der Waals surface area contributed by atoms with Crippen molar-refractivity contribution >= 4 is 59.0 Å². The van der Waals surface area contributed by atoms with Crippen LogP contribution in [-0.2, 0) is 34.3 Å². The van der Waals surface area contributed by atoms with E-state index in [2.05, 4.69) is 15.0 Å². The maximum atomic E-state index is 13.1. The number of carboxylic acid groups (broad SMARTS) is 5. The number of aliphatic carboxylic acids is 5. The Morgan fingerprint density at radius 1 is 0.569 bits per heavy atom. The first-order chi connectivity index (χ1) is 27.5. The van der Waals surface area contributed by atoms with Crippen LogP contribution in [0.15, 0.2) is 66.7 Å². The van der Waals surface area contributed by atoms with Crippen molar-refractivity contribution in [1.29, 1.82) is 0 Å². The number of hydrogen-bond donors (Lipinski definition) is 5. The molecule has 0 radical (unpaired) electrons. The molecule has 0 bridgehead atoms. The summed E-state index contributed by atoms with van der Waals surface area (Å²) in [6.07, 6.45) is 0. The molecule has 3 heterocycles. The summed E-state index contributed by atoms with van der Waals surface area (Å²) in [4.78, 5) is 82.7. The van der Waals surface area contributed by atoms with Gasteiger partial charge in [0.25, 0.3) is 0 Å². The summed E-state index contributed by atoms with van der Waals surface area (Å²) in [7, 11) is 0. The van der Waals surface area contributed by atoms with E-state index >= 15 is 0 Å². The lowest BCUT2D eigenvalue weighted by Crippen LogP contribution is -2.45. The number of benzene rings is 3. The SMILES string of the molecule is O=C(O)CN(CCN(CC(=O)O)CC(=O)O)CCN(CC(=O)O)CC(=O)O.O=C1OC2(c3ccccc3Oc3ccccc32)c2ccc(-c3nc(Cl)nc(Cl)n3)cc21. The standard InChI is InChI=1S/C23H11Cl2N3O3.C14H23N3O10/c24-21-26-19(27-22(25)28-21)12-9-10-14-13(11-12)20(29)31-23(14)15-5-1-3-7-17(15)30-18-8-4-2-6-16(18)23;18-10(19)5-15(1-3-16(6-11(20)21)7-12(22)23)2-4-17(8-13(24)25)9-14(26)27/h1-11H;1-9H2,(H,18,19)(H,20,21)(H,22,23)(H,24,25)(H,26,27). The Hall–Kier alpha value is -6.25. The van der Waals surface area contributed by atoms with E-state index in [1.165, 1.54) is 4.90 Å². The second-order valence-electron chi connectivity index (χ2n) is 12.8. The largest absolute Gasteiger partial charge is 0.480 e. The van der Waals surface area contributed by atoms with Crippen LogP contribution in [0.5, 0.6) is 11.5 Å². The fourth-order valence-electron chi connectivity index (χ4n) is 6.44. The molecule has 6 rings (SSSR count). The molecule has 1 aromatic heterocycles. The number of nitrogens with zero attached hydrogens (tertiary/aromatic N) is 6. The van der Waals surface area contributed by atoms with E-state index in [4.69, 9.17) is 58.2 Å². The van der Waals surface area contributed by atoms with Crippen LogP contribution in [0.3, 0.4) is 0 Å². The van der Waals surface area contributed by atoms with Gasteiger partial charge in [-0.1, -0.05) is 48.5 Å². The summed E-state index contributed by atoms with van der Waals surface area (Å²) in [6, 6.07) is 20.5. The van der Waals surface area contributed by atoms with E-state index < -0.39 is 74.1 Å². The third kappa shape index (κ3) is 10.6. The van der Waals surface area contributed by atoms with E-state index in [1.807, 2.05) is 60.7 Å². The number of hydrogen-bond acceptors (Lipinski definition) is 14. The van der Waals surface area contributed by atoms with Gasteiger partial charge in [-0.3, -0.25) is 38.7 Å². The van der Waals surface area contributed by atoms with Crippen LogP contribution in [0.4, 0.5) is 0 Å². The monoisotopic (exact) mass is 840 g/mol. The Bertz CT molecular complexity index is 2110. The maximum absolute atomic E-state index is 13.1. The number of rotatable bonds is 17. The molecule has 3 aromatic carbocycles. The summed E-state index contributed by atoms with van der Waals surface area (Å²) in [6.45, 7) is -2.74. The summed E-state index contributed by atoms with van der Waals surface area (Å²) in [5.41, 5.74) is 2.13. The number of carbonyl (C=O) groups is 6. The van der Waals surface area contributed by atoms with Gasteiger partial charge in [-0.05, 0) is 41.4 Å². The van der Waals surface area contributed by atoms with Crippen molar-refractivity contribution in [3.63, 3.8) is 0 Å². The molecule has 0 fully saturated rings. The lowest BCUT2D eigenvalue weighted by Gasteiger charge is -2.36. The number of carbonyl (C=O) groups excluding carboxylic acids is 1. The maximum Gasteiger partial charge on any atom is 0.340 e. The van der Waals surface area contributed by atoms with Gasteiger partial charge in [0.1, 0.15) is 11.5 Å². The molecule has 2 aliphatic heterocycles. The van der Waals surface area contributed by atoms with Gasteiger partial charge in [0.2, 0.25) is 10.6 Å². The van der Waals surface area contributed by atoms with Gasteiger partial charge < -0.3 is 35.0 Å². The highest BCUT2D eigenvalue weighted by molar-refractivity contribution is 6.31. The van der Waals surface area contributed by atoms with Crippen LogP contribution in [0.2, 0.25) is 10.6 Å². The summed E-state index contributed by atoms with van der Waals surface area (Å²) < 4.78 is 12.2. The van der Waals surface area contributed by atoms with Gasteiger partial charge in [-0.2, -0.15) is 15.0 Å². The first-order valence-corrected chi connectivity index (χ1v) is 17.9. The molecule has 304 valence electrons. The Morgan fingerprint density at radius 2 is 0.983 bits per heavy atom. The summed E-state index contributed by atoms with van der Waals surface area (Å²) in [5.74, 6) is -5.05. The normalized spacial score (nSPS) is 13.2. The lowest BCUT2D eigenvalue weighted by atomic mass is 9.77. The molecule has 2 aliphatic rings. The second-order valence-corrected chi connectivity index (χ2v) is 13.5. The zero-order valence-electron chi connectivity index (χ0n) is 30.2. The molecule has 4 aromatic rings. The van der Waals surface area contributed by atoms with Crippen molar-refractivity contribution in [3.05, 3.63) is 99.6 Å². The average molecular weight is 842 g/mol. The topological polar surface area (TPSA) is 270 Å². The lowest BCUT2D eigenvalue weighted by molar-refractivity contribution is -0.143. The molecule has 0 unspecified atom stereocenters.